The number of rotatable bonds is 7. The van der Waals surface area contributed by atoms with Gasteiger partial charge in [0.25, 0.3) is 5.91 Å². The van der Waals surface area contributed by atoms with Crippen molar-refractivity contribution >= 4 is 29.0 Å². The van der Waals surface area contributed by atoms with Crippen molar-refractivity contribution in [3.05, 3.63) is 46.3 Å². The van der Waals surface area contributed by atoms with Gasteiger partial charge in [0, 0.05) is 24.2 Å². The normalized spacial score (nSPS) is 13.4. The summed E-state index contributed by atoms with van der Waals surface area (Å²) in [6.07, 6.45) is 3.78. The maximum Gasteiger partial charge on any atom is 0.340 e. The number of hydrogen-bond donors (Lipinski definition) is 1. The fourth-order valence-electron chi connectivity index (χ4n) is 2.08. The summed E-state index contributed by atoms with van der Waals surface area (Å²) in [5, 5.41) is 5.21. The molecule has 1 saturated carbocycles. The van der Waals surface area contributed by atoms with Crippen molar-refractivity contribution < 1.29 is 14.3 Å². The number of likely N-dealkylation sites (N-methyl/N-ethyl adjacent to an activating group) is 1. The van der Waals surface area contributed by atoms with Crippen molar-refractivity contribution in [1.29, 1.82) is 0 Å². The van der Waals surface area contributed by atoms with Crippen LogP contribution in [0.25, 0.3) is 0 Å². The Morgan fingerprint density at radius 1 is 1.38 bits per heavy atom. The van der Waals surface area contributed by atoms with Gasteiger partial charge in [0.1, 0.15) is 5.82 Å². The summed E-state index contributed by atoms with van der Waals surface area (Å²) in [5.41, 5.74) is 0.338. The van der Waals surface area contributed by atoms with E-state index in [0.29, 0.717) is 18.2 Å². The summed E-state index contributed by atoms with van der Waals surface area (Å²) in [7, 11) is 1.69. The monoisotopic (exact) mass is 345 g/mol. The van der Waals surface area contributed by atoms with Crippen LogP contribution in [0.4, 0.5) is 5.82 Å². The van der Waals surface area contributed by atoms with E-state index in [-0.39, 0.29) is 12.5 Å². The Morgan fingerprint density at radius 2 is 2.21 bits per heavy atom. The number of carbonyl (C=O) groups is 2. The lowest BCUT2D eigenvalue weighted by atomic mass is 10.3. The van der Waals surface area contributed by atoms with E-state index >= 15 is 0 Å². The van der Waals surface area contributed by atoms with Crippen LogP contribution in [0.5, 0.6) is 0 Å². The Morgan fingerprint density at radius 3 is 2.83 bits per heavy atom. The standard InChI is InChI=1S/C17H19N3O3S/c1-20(10-14-3-2-8-24-14)16(21)11-23-17(22)12-4-7-15(18-9-12)19-13-5-6-13/h2-4,7-9,13H,5-6,10-11H2,1H3,(H,18,19). The summed E-state index contributed by atoms with van der Waals surface area (Å²) in [6.45, 7) is 0.236. The molecule has 0 bridgehead atoms. The van der Waals surface area contributed by atoms with Crippen LogP contribution >= 0.6 is 11.3 Å². The Kier molecular flexibility index (Phi) is 5.10. The average Bonchev–Trinajstić information content (AvgIpc) is 3.25. The van der Waals surface area contributed by atoms with E-state index in [1.807, 2.05) is 17.5 Å². The van der Waals surface area contributed by atoms with Crippen LogP contribution in [-0.2, 0) is 16.1 Å². The second-order valence-corrected chi connectivity index (χ2v) is 6.79. The van der Waals surface area contributed by atoms with E-state index < -0.39 is 5.97 Å². The number of hydrogen-bond acceptors (Lipinski definition) is 6. The fraction of sp³-hybridized carbons (Fsp3) is 0.353. The minimum absolute atomic E-state index is 0.239. The number of thiophene rings is 1. The second kappa shape index (κ2) is 7.44. The van der Waals surface area contributed by atoms with Crippen molar-refractivity contribution in [2.45, 2.75) is 25.4 Å². The zero-order valence-corrected chi connectivity index (χ0v) is 14.2. The molecule has 2 aromatic rings. The zero-order valence-electron chi connectivity index (χ0n) is 13.4. The minimum atomic E-state index is -0.543. The van der Waals surface area contributed by atoms with Gasteiger partial charge in [-0.1, -0.05) is 6.07 Å². The Labute approximate surface area is 144 Å². The van der Waals surface area contributed by atoms with Crippen LogP contribution in [0, 0.1) is 0 Å². The number of esters is 1. The lowest BCUT2D eigenvalue weighted by Gasteiger charge is -2.16. The van der Waals surface area contributed by atoms with Gasteiger partial charge in [-0.25, -0.2) is 9.78 Å². The molecule has 6 nitrogen and oxygen atoms in total. The average molecular weight is 345 g/mol. The predicted molar refractivity (Wildman–Crippen MR) is 92.0 cm³/mol. The van der Waals surface area contributed by atoms with Crippen LogP contribution in [0.3, 0.4) is 0 Å². The van der Waals surface area contributed by atoms with E-state index in [4.69, 9.17) is 4.74 Å². The first-order valence-electron chi connectivity index (χ1n) is 7.78. The SMILES string of the molecule is CN(Cc1cccs1)C(=O)COC(=O)c1ccc(NC2CC2)nc1. The Hall–Kier alpha value is -2.41. The van der Waals surface area contributed by atoms with Gasteiger partial charge in [-0.15, -0.1) is 11.3 Å². The third-order valence-corrected chi connectivity index (χ3v) is 4.52. The molecule has 1 aliphatic carbocycles. The molecule has 1 amide bonds. The molecule has 2 heterocycles. The molecule has 1 N–H and O–H groups in total. The van der Waals surface area contributed by atoms with Crippen LogP contribution in [0.2, 0.25) is 0 Å². The Bertz CT molecular complexity index is 696. The molecule has 0 aliphatic heterocycles. The second-order valence-electron chi connectivity index (χ2n) is 5.76. The van der Waals surface area contributed by atoms with Gasteiger partial charge < -0.3 is 15.0 Å². The molecular weight excluding hydrogens is 326 g/mol. The maximum atomic E-state index is 12.0. The van der Waals surface area contributed by atoms with E-state index in [1.54, 1.807) is 35.4 Å². The number of nitrogens with one attached hydrogen (secondary N) is 1. The molecule has 0 radical (unpaired) electrons. The molecule has 2 aromatic heterocycles. The molecule has 0 saturated heterocycles. The van der Waals surface area contributed by atoms with Crippen molar-refractivity contribution in [3.8, 4) is 0 Å². The first kappa shape index (κ1) is 16.4. The number of anilines is 1. The van der Waals surface area contributed by atoms with Gasteiger partial charge in [0.2, 0.25) is 0 Å². The highest BCUT2D eigenvalue weighted by molar-refractivity contribution is 7.09. The van der Waals surface area contributed by atoms with E-state index in [0.717, 1.165) is 23.5 Å². The zero-order chi connectivity index (χ0) is 16.9. The van der Waals surface area contributed by atoms with E-state index in [1.165, 1.54) is 6.20 Å². The molecule has 0 spiro atoms. The molecule has 0 aromatic carbocycles. The highest BCUT2D eigenvalue weighted by Gasteiger charge is 2.21. The summed E-state index contributed by atoms with van der Waals surface area (Å²) >= 11 is 1.58. The molecule has 1 aliphatic rings. The molecule has 24 heavy (non-hydrogen) atoms. The maximum absolute atomic E-state index is 12.0. The smallest absolute Gasteiger partial charge is 0.340 e. The first-order valence-corrected chi connectivity index (χ1v) is 8.66. The highest BCUT2D eigenvalue weighted by atomic mass is 32.1. The van der Waals surface area contributed by atoms with Crippen LogP contribution in [-0.4, -0.2) is 41.5 Å². The number of nitrogens with zero attached hydrogens (tertiary/aromatic N) is 2. The predicted octanol–water partition coefficient (Wildman–Crippen LogP) is 2.53. The number of amides is 1. The largest absolute Gasteiger partial charge is 0.452 e. The van der Waals surface area contributed by atoms with Crippen LogP contribution < -0.4 is 5.32 Å². The molecule has 126 valence electrons. The van der Waals surface area contributed by atoms with Crippen LogP contribution in [0.1, 0.15) is 28.1 Å². The minimum Gasteiger partial charge on any atom is -0.452 e. The van der Waals surface area contributed by atoms with Gasteiger partial charge in [-0.3, -0.25) is 4.79 Å². The summed E-state index contributed by atoms with van der Waals surface area (Å²) in [4.78, 5) is 30.8. The van der Waals surface area contributed by atoms with E-state index in [2.05, 4.69) is 10.3 Å². The molecule has 7 heteroatoms. The van der Waals surface area contributed by atoms with Gasteiger partial charge in [0.15, 0.2) is 6.61 Å². The molecule has 1 fully saturated rings. The van der Waals surface area contributed by atoms with Crippen molar-refractivity contribution in [3.63, 3.8) is 0 Å². The molecular formula is C17H19N3O3S. The Balaban J connectivity index is 1.46. The lowest BCUT2D eigenvalue weighted by molar-refractivity contribution is -0.133. The fourth-order valence-corrected chi connectivity index (χ4v) is 2.84. The number of pyridine rings is 1. The third kappa shape index (κ3) is 4.55. The summed E-state index contributed by atoms with van der Waals surface area (Å²) in [5.74, 6) is -0.0316. The number of carbonyl (C=O) groups excluding carboxylic acids is 2. The van der Waals surface area contributed by atoms with E-state index in [9.17, 15) is 9.59 Å². The number of aromatic nitrogens is 1. The lowest BCUT2D eigenvalue weighted by Crippen LogP contribution is -2.30. The molecule has 0 atom stereocenters. The van der Waals surface area contributed by atoms with Gasteiger partial charge in [-0.2, -0.15) is 0 Å². The van der Waals surface area contributed by atoms with Crippen molar-refractivity contribution in [2.75, 3.05) is 19.0 Å². The third-order valence-electron chi connectivity index (χ3n) is 3.65. The van der Waals surface area contributed by atoms with Gasteiger partial charge in [0.05, 0.1) is 12.1 Å². The summed E-state index contributed by atoms with van der Waals surface area (Å²) in [6, 6.07) is 7.81. The van der Waals surface area contributed by atoms with Crippen LogP contribution in [0.15, 0.2) is 35.8 Å². The van der Waals surface area contributed by atoms with Gasteiger partial charge in [-0.05, 0) is 36.4 Å². The topological polar surface area (TPSA) is 71.5 Å². The molecule has 3 rings (SSSR count). The summed E-state index contributed by atoms with van der Waals surface area (Å²) < 4.78 is 5.08. The first-order chi connectivity index (χ1) is 11.6. The molecule has 0 unspecified atom stereocenters. The quantitative estimate of drug-likeness (QED) is 0.781. The van der Waals surface area contributed by atoms with Gasteiger partial charge >= 0.3 is 5.97 Å². The number of ether oxygens (including phenoxy) is 1. The van der Waals surface area contributed by atoms with Crippen molar-refractivity contribution in [2.24, 2.45) is 0 Å². The highest BCUT2D eigenvalue weighted by Crippen LogP contribution is 2.23. The van der Waals surface area contributed by atoms with Crippen molar-refractivity contribution in [1.82, 2.24) is 9.88 Å².